The number of nitrogens with one attached hydrogen (secondary N) is 2. The number of ether oxygens (including phenoxy) is 1. The highest BCUT2D eigenvalue weighted by Gasteiger charge is 2.42. The van der Waals surface area contributed by atoms with Gasteiger partial charge in [0.2, 0.25) is 11.7 Å². The van der Waals surface area contributed by atoms with Crippen LogP contribution in [0, 0.1) is 5.92 Å². The van der Waals surface area contributed by atoms with E-state index in [-0.39, 0.29) is 17.9 Å². The monoisotopic (exact) mass is 291 g/mol. The molecule has 1 amide bonds. The lowest BCUT2D eigenvalue weighted by atomic mass is 9.91. The van der Waals surface area contributed by atoms with Crippen molar-refractivity contribution in [2.75, 3.05) is 37.0 Å². The lowest BCUT2D eigenvalue weighted by Gasteiger charge is -2.37. The van der Waals surface area contributed by atoms with Crippen LogP contribution >= 0.6 is 0 Å². The second-order valence-electron chi connectivity index (χ2n) is 5.36. The van der Waals surface area contributed by atoms with Crippen LogP contribution in [-0.4, -0.2) is 48.7 Å². The Balaban J connectivity index is 1.95. The maximum Gasteiger partial charge on any atom is 0.225 e. The Labute approximate surface area is 124 Å². The van der Waals surface area contributed by atoms with Crippen molar-refractivity contribution < 1.29 is 9.53 Å². The zero-order valence-corrected chi connectivity index (χ0v) is 12.4. The molecule has 2 fully saturated rings. The molecular formula is C14H21N5O2. The van der Waals surface area contributed by atoms with Gasteiger partial charge in [-0.3, -0.25) is 4.79 Å². The molecule has 7 heteroatoms. The lowest BCUT2D eigenvalue weighted by Crippen LogP contribution is -2.46. The summed E-state index contributed by atoms with van der Waals surface area (Å²) in [5.41, 5.74) is 0. The summed E-state index contributed by atoms with van der Waals surface area (Å²) in [6.45, 7) is 4.33. The molecular weight excluding hydrogens is 270 g/mol. The standard InChI is InChI=1S/C14H21N5O2/c1-3-15-12-11(21-2)13(18-8-17-12)19-6-4-5-9-10(19)7-16-14(9)20/h8-10H,3-7H2,1-2H3,(H,16,20)(H,15,17,18). The van der Waals surface area contributed by atoms with E-state index < -0.39 is 0 Å². The van der Waals surface area contributed by atoms with Gasteiger partial charge in [-0.15, -0.1) is 0 Å². The highest BCUT2D eigenvalue weighted by Crippen LogP contribution is 2.37. The molecule has 3 rings (SSSR count). The van der Waals surface area contributed by atoms with Crippen LogP contribution in [0.3, 0.4) is 0 Å². The molecule has 114 valence electrons. The summed E-state index contributed by atoms with van der Waals surface area (Å²) in [5.74, 6) is 2.34. The summed E-state index contributed by atoms with van der Waals surface area (Å²) in [6, 6.07) is 0.157. The molecule has 21 heavy (non-hydrogen) atoms. The van der Waals surface area contributed by atoms with Crippen LogP contribution in [0.5, 0.6) is 5.75 Å². The van der Waals surface area contributed by atoms with Crippen LogP contribution in [0.4, 0.5) is 11.6 Å². The summed E-state index contributed by atoms with van der Waals surface area (Å²) < 4.78 is 5.52. The fourth-order valence-electron chi connectivity index (χ4n) is 3.26. The first kappa shape index (κ1) is 13.9. The van der Waals surface area contributed by atoms with E-state index in [4.69, 9.17) is 4.74 Å². The maximum absolute atomic E-state index is 11.9. The smallest absolute Gasteiger partial charge is 0.225 e. The van der Waals surface area contributed by atoms with E-state index >= 15 is 0 Å². The molecule has 2 atom stereocenters. The van der Waals surface area contributed by atoms with Gasteiger partial charge in [0.05, 0.1) is 19.1 Å². The lowest BCUT2D eigenvalue weighted by molar-refractivity contribution is -0.123. The molecule has 2 unspecified atom stereocenters. The van der Waals surface area contributed by atoms with Gasteiger partial charge >= 0.3 is 0 Å². The molecule has 2 N–H and O–H groups in total. The van der Waals surface area contributed by atoms with Gasteiger partial charge in [0, 0.05) is 19.6 Å². The van der Waals surface area contributed by atoms with Gasteiger partial charge in [0.15, 0.2) is 11.6 Å². The maximum atomic E-state index is 11.9. The number of rotatable bonds is 4. The van der Waals surface area contributed by atoms with Gasteiger partial charge in [-0.05, 0) is 19.8 Å². The quantitative estimate of drug-likeness (QED) is 0.847. The predicted octanol–water partition coefficient (Wildman–Crippen LogP) is 0.632. The highest BCUT2D eigenvalue weighted by molar-refractivity contribution is 5.83. The van der Waals surface area contributed by atoms with E-state index in [2.05, 4.69) is 25.5 Å². The Kier molecular flexibility index (Phi) is 3.81. The number of piperidine rings is 1. The fraction of sp³-hybridized carbons (Fsp3) is 0.643. The van der Waals surface area contributed by atoms with Crippen LogP contribution in [0.2, 0.25) is 0 Å². The van der Waals surface area contributed by atoms with E-state index in [1.807, 2.05) is 6.92 Å². The van der Waals surface area contributed by atoms with Crippen LogP contribution in [0.25, 0.3) is 0 Å². The third-order valence-electron chi connectivity index (χ3n) is 4.21. The number of hydrogen-bond donors (Lipinski definition) is 2. The van der Waals surface area contributed by atoms with Gasteiger partial charge in [0.1, 0.15) is 6.33 Å². The van der Waals surface area contributed by atoms with E-state index in [9.17, 15) is 4.79 Å². The first-order valence-corrected chi connectivity index (χ1v) is 7.43. The fourth-order valence-corrected chi connectivity index (χ4v) is 3.26. The van der Waals surface area contributed by atoms with Crippen LogP contribution in [-0.2, 0) is 4.79 Å². The van der Waals surface area contributed by atoms with Crippen molar-refractivity contribution in [3.05, 3.63) is 6.33 Å². The minimum absolute atomic E-state index is 0.0565. The van der Waals surface area contributed by atoms with Crippen molar-refractivity contribution in [2.45, 2.75) is 25.8 Å². The summed E-state index contributed by atoms with van der Waals surface area (Å²) >= 11 is 0. The minimum atomic E-state index is 0.0565. The van der Waals surface area contributed by atoms with Gasteiger partial charge in [-0.1, -0.05) is 0 Å². The number of fused-ring (bicyclic) bond motifs is 1. The number of hydrogen-bond acceptors (Lipinski definition) is 6. The molecule has 3 heterocycles. The van der Waals surface area contributed by atoms with Crippen molar-refractivity contribution in [1.82, 2.24) is 15.3 Å². The number of aromatic nitrogens is 2. The molecule has 1 aromatic rings. The Morgan fingerprint density at radius 1 is 1.52 bits per heavy atom. The minimum Gasteiger partial charge on any atom is -0.490 e. The van der Waals surface area contributed by atoms with Crippen molar-refractivity contribution in [1.29, 1.82) is 0 Å². The third kappa shape index (κ3) is 2.36. The number of methoxy groups -OCH3 is 1. The molecule has 2 saturated heterocycles. The van der Waals surface area contributed by atoms with E-state index in [1.165, 1.54) is 0 Å². The summed E-state index contributed by atoms with van der Waals surface area (Å²) in [7, 11) is 1.63. The van der Waals surface area contributed by atoms with Crippen LogP contribution in [0.15, 0.2) is 6.33 Å². The molecule has 0 bridgehead atoms. The summed E-state index contributed by atoms with van der Waals surface area (Å²) in [6.07, 6.45) is 3.47. The van der Waals surface area contributed by atoms with E-state index in [0.29, 0.717) is 18.1 Å². The molecule has 0 aliphatic carbocycles. The van der Waals surface area contributed by atoms with Crippen LogP contribution < -0.4 is 20.3 Å². The van der Waals surface area contributed by atoms with Crippen molar-refractivity contribution in [2.24, 2.45) is 5.92 Å². The second-order valence-corrected chi connectivity index (χ2v) is 5.36. The number of nitrogens with zero attached hydrogens (tertiary/aromatic N) is 3. The average molecular weight is 291 g/mol. The van der Waals surface area contributed by atoms with Gasteiger partial charge in [-0.25, -0.2) is 9.97 Å². The predicted molar refractivity (Wildman–Crippen MR) is 79.6 cm³/mol. The first-order chi connectivity index (χ1) is 10.3. The van der Waals surface area contributed by atoms with Gasteiger partial charge in [-0.2, -0.15) is 0 Å². The molecule has 2 aliphatic rings. The number of carbonyl (C=O) groups excluding carboxylic acids is 1. The first-order valence-electron chi connectivity index (χ1n) is 7.43. The second kappa shape index (κ2) is 5.75. The summed E-state index contributed by atoms with van der Waals surface area (Å²) in [5, 5.41) is 6.15. The normalized spacial score (nSPS) is 24.5. The largest absolute Gasteiger partial charge is 0.490 e. The number of amides is 1. The molecule has 0 saturated carbocycles. The van der Waals surface area contributed by atoms with Gasteiger partial charge < -0.3 is 20.3 Å². The van der Waals surface area contributed by atoms with Gasteiger partial charge in [0.25, 0.3) is 0 Å². The van der Waals surface area contributed by atoms with Crippen LogP contribution in [0.1, 0.15) is 19.8 Å². The number of carbonyl (C=O) groups is 1. The topological polar surface area (TPSA) is 79.4 Å². The van der Waals surface area contributed by atoms with Crippen molar-refractivity contribution in [3.63, 3.8) is 0 Å². The Morgan fingerprint density at radius 3 is 3.14 bits per heavy atom. The Bertz CT molecular complexity index is 536. The van der Waals surface area contributed by atoms with Crippen molar-refractivity contribution in [3.8, 4) is 5.75 Å². The molecule has 2 aliphatic heterocycles. The zero-order chi connectivity index (χ0) is 14.8. The highest BCUT2D eigenvalue weighted by atomic mass is 16.5. The van der Waals surface area contributed by atoms with E-state index in [0.717, 1.165) is 31.7 Å². The molecule has 7 nitrogen and oxygen atoms in total. The average Bonchev–Trinajstić information content (AvgIpc) is 2.89. The Hall–Kier alpha value is -2.05. The molecule has 0 spiro atoms. The van der Waals surface area contributed by atoms with E-state index in [1.54, 1.807) is 13.4 Å². The van der Waals surface area contributed by atoms with Crippen molar-refractivity contribution >= 4 is 17.5 Å². The molecule has 0 radical (unpaired) electrons. The summed E-state index contributed by atoms with van der Waals surface area (Å²) in [4.78, 5) is 22.7. The Morgan fingerprint density at radius 2 is 2.38 bits per heavy atom. The molecule has 1 aromatic heterocycles. The zero-order valence-electron chi connectivity index (χ0n) is 12.4. The number of anilines is 2. The third-order valence-corrected chi connectivity index (χ3v) is 4.21. The SMILES string of the molecule is CCNc1ncnc(N2CCCC3C(=O)NCC32)c1OC. The molecule has 0 aromatic carbocycles.